The van der Waals surface area contributed by atoms with Gasteiger partial charge in [0, 0.05) is 5.41 Å². The third-order valence-corrected chi connectivity index (χ3v) is 12.4. The maximum atomic E-state index is 13.5. The van der Waals surface area contributed by atoms with Gasteiger partial charge in [0.2, 0.25) is 0 Å². The summed E-state index contributed by atoms with van der Waals surface area (Å²) < 4.78 is 0. The van der Waals surface area contributed by atoms with Gasteiger partial charge in [-0.3, -0.25) is 4.79 Å². The van der Waals surface area contributed by atoms with Crippen molar-refractivity contribution in [1.82, 2.24) is 0 Å². The van der Waals surface area contributed by atoms with Gasteiger partial charge in [-0.2, -0.15) is 0 Å². The van der Waals surface area contributed by atoms with E-state index in [2.05, 4.69) is 33.8 Å². The van der Waals surface area contributed by atoms with E-state index in [4.69, 9.17) is 0 Å². The maximum absolute atomic E-state index is 13.5. The number of aliphatic hydroxyl groups excluding tert-OH is 1. The molecule has 3 fully saturated rings. The van der Waals surface area contributed by atoms with Gasteiger partial charge in [-0.15, -0.1) is 0 Å². The molecule has 4 heteroatoms. The number of fused-ring (bicyclic) bond motifs is 2. The van der Waals surface area contributed by atoms with E-state index in [9.17, 15) is 19.8 Å². The van der Waals surface area contributed by atoms with Gasteiger partial charge in [-0.05, 0) is 55.3 Å². The minimum Gasteiger partial charge on any atom is -0.481 e. The van der Waals surface area contributed by atoms with Crippen molar-refractivity contribution in [3.05, 3.63) is 11.6 Å². The number of hydrogen-bond donors (Lipinski definition) is 2. The van der Waals surface area contributed by atoms with Crippen molar-refractivity contribution in [2.24, 2.45) is 45.8 Å². The third-order valence-electron chi connectivity index (χ3n) is 12.4. The number of unbranched alkanes of at least 4 members (excludes halogenated alkanes) is 13. The number of allylic oxidation sites excluding steroid dienone is 1. The summed E-state index contributed by atoms with van der Waals surface area (Å²) in [5.74, 6) is 0.161. The predicted octanol–water partition coefficient (Wildman–Crippen LogP) is 9.14. The maximum Gasteiger partial charge on any atom is 0.315 e. The summed E-state index contributed by atoms with van der Waals surface area (Å²) in [6.07, 6.45) is 24.8. The molecule has 4 bridgehead atoms. The highest BCUT2D eigenvalue weighted by Crippen LogP contribution is 2.83. The SMILES string of the molecule is CCCCCCCCCCCCCCCCC(O)C12C[C@@H]3[C@H](C)CC[C@H]3C3(C=O)CC1C=C(C(C)C)[C@@]23C(=O)O. The summed E-state index contributed by atoms with van der Waals surface area (Å²) >= 11 is 0. The normalized spacial score (nSPS) is 36.6. The summed E-state index contributed by atoms with van der Waals surface area (Å²) in [4.78, 5) is 26.7. The van der Waals surface area contributed by atoms with E-state index in [1.807, 2.05) is 0 Å². The molecule has 4 unspecified atom stereocenters. The lowest BCUT2D eigenvalue weighted by molar-refractivity contribution is -0.194. The van der Waals surface area contributed by atoms with Crippen LogP contribution in [0.4, 0.5) is 0 Å². The van der Waals surface area contributed by atoms with Crippen LogP contribution >= 0.6 is 0 Å². The van der Waals surface area contributed by atoms with Crippen LogP contribution in [0.25, 0.3) is 0 Å². The Hall–Kier alpha value is -1.16. The number of rotatable bonds is 19. The smallest absolute Gasteiger partial charge is 0.315 e. The predicted molar refractivity (Wildman–Crippen MR) is 163 cm³/mol. The molecule has 0 aromatic carbocycles. The first-order valence-electron chi connectivity index (χ1n) is 17.3. The van der Waals surface area contributed by atoms with Crippen molar-refractivity contribution in [2.45, 2.75) is 156 Å². The average molecular weight is 557 g/mol. The summed E-state index contributed by atoms with van der Waals surface area (Å²) in [7, 11) is 0. The summed E-state index contributed by atoms with van der Waals surface area (Å²) in [5.41, 5.74) is -1.93. The van der Waals surface area contributed by atoms with E-state index in [-0.39, 0.29) is 17.8 Å². The summed E-state index contributed by atoms with van der Waals surface area (Å²) in [6.45, 7) is 8.71. The van der Waals surface area contributed by atoms with E-state index in [1.165, 1.54) is 77.0 Å². The molecule has 4 rings (SSSR count). The molecule has 8 atom stereocenters. The van der Waals surface area contributed by atoms with Gasteiger partial charge in [0.15, 0.2) is 0 Å². The van der Waals surface area contributed by atoms with Crippen LogP contribution < -0.4 is 0 Å². The van der Waals surface area contributed by atoms with Gasteiger partial charge >= 0.3 is 5.97 Å². The Kier molecular flexibility index (Phi) is 10.7. The largest absolute Gasteiger partial charge is 0.481 e. The monoisotopic (exact) mass is 556 g/mol. The third kappa shape index (κ3) is 5.05. The van der Waals surface area contributed by atoms with Gasteiger partial charge in [0.1, 0.15) is 11.7 Å². The second-order valence-electron chi connectivity index (χ2n) is 14.8. The number of carbonyl (C=O) groups is 2. The standard InChI is InChI=1S/C36H60O4/c1-5-6-7-8-9-10-11-12-13-14-15-16-17-18-19-32(38)35-24-29-27(4)20-21-30(29)34(25-37)23-28(35)22-31(26(2)3)36(34,35)33(39)40/h22,25-30,32,38H,5-21,23-24H2,1-4H3,(H,39,40)/t27-,28?,29-,30-,32?,34?,35?,36+/m1/s1. The average Bonchev–Trinajstić information content (AvgIpc) is 3.51. The van der Waals surface area contributed by atoms with Gasteiger partial charge < -0.3 is 15.0 Å². The minimum absolute atomic E-state index is 0.00866. The number of hydrogen-bond acceptors (Lipinski definition) is 3. The highest BCUT2D eigenvalue weighted by atomic mass is 16.4. The van der Waals surface area contributed by atoms with Crippen LogP contribution in [0.3, 0.4) is 0 Å². The van der Waals surface area contributed by atoms with Gasteiger partial charge in [-0.25, -0.2) is 0 Å². The fourth-order valence-electron chi connectivity index (χ4n) is 10.7. The molecule has 0 aliphatic heterocycles. The first-order chi connectivity index (χ1) is 19.2. The zero-order valence-corrected chi connectivity index (χ0v) is 26.3. The lowest BCUT2D eigenvalue weighted by Gasteiger charge is -2.59. The van der Waals surface area contributed by atoms with Crippen molar-refractivity contribution in [2.75, 3.05) is 0 Å². The van der Waals surface area contributed by atoms with Crippen molar-refractivity contribution in [3.8, 4) is 0 Å². The fourth-order valence-corrected chi connectivity index (χ4v) is 10.7. The molecule has 228 valence electrons. The van der Waals surface area contributed by atoms with Crippen molar-refractivity contribution >= 4 is 12.3 Å². The van der Waals surface area contributed by atoms with Crippen molar-refractivity contribution in [1.29, 1.82) is 0 Å². The Bertz CT molecular complexity index is 893. The number of carboxylic acid groups (broad SMARTS) is 1. The number of carboxylic acids is 1. The molecule has 0 heterocycles. The van der Waals surface area contributed by atoms with E-state index in [0.29, 0.717) is 24.7 Å². The Morgan fingerprint density at radius 2 is 1.48 bits per heavy atom. The first-order valence-corrected chi connectivity index (χ1v) is 17.3. The molecule has 40 heavy (non-hydrogen) atoms. The van der Waals surface area contributed by atoms with Crippen LogP contribution in [-0.4, -0.2) is 28.6 Å². The van der Waals surface area contributed by atoms with Gasteiger partial charge in [0.25, 0.3) is 0 Å². The van der Waals surface area contributed by atoms with Gasteiger partial charge in [0.05, 0.1) is 11.5 Å². The summed E-state index contributed by atoms with van der Waals surface area (Å²) in [5, 5.41) is 23.1. The Balaban J connectivity index is 1.33. The molecule has 0 spiro atoms. The van der Waals surface area contributed by atoms with Crippen LogP contribution in [-0.2, 0) is 9.59 Å². The van der Waals surface area contributed by atoms with E-state index in [0.717, 1.165) is 44.0 Å². The Morgan fingerprint density at radius 3 is 1.98 bits per heavy atom. The lowest BCUT2D eigenvalue weighted by Crippen LogP contribution is -2.65. The van der Waals surface area contributed by atoms with Crippen molar-refractivity contribution < 1.29 is 19.8 Å². The Labute approximate surface area is 245 Å². The van der Waals surface area contributed by atoms with Crippen LogP contribution in [0.15, 0.2) is 11.6 Å². The van der Waals surface area contributed by atoms with Crippen LogP contribution in [0.5, 0.6) is 0 Å². The molecule has 0 saturated heterocycles. The fraction of sp³-hybridized carbons (Fsp3) is 0.889. The van der Waals surface area contributed by atoms with Gasteiger partial charge in [-0.1, -0.05) is 136 Å². The molecule has 2 N–H and O–H groups in total. The zero-order chi connectivity index (χ0) is 29.0. The first kappa shape index (κ1) is 31.8. The highest BCUT2D eigenvalue weighted by Gasteiger charge is 2.85. The van der Waals surface area contributed by atoms with Crippen LogP contribution in [0, 0.1) is 45.8 Å². The quantitative estimate of drug-likeness (QED) is 0.0945. The van der Waals surface area contributed by atoms with E-state index < -0.39 is 28.3 Å². The molecule has 0 aromatic heterocycles. The van der Waals surface area contributed by atoms with Crippen molar-refractivity contribution in [3.63, 3.8) is 0 Å². The molecular formula is C36H60O4. The molecule has 0 aromatic rings. The van der Waals surface area contributed by atoms with E-state index >= 15 is 0 Å². The van der Waals surface area contributed by atoms with Crippen LogP contribution in [0.1, 0.15) is 150 Å². The number of aldehydes is 1. The molecular weight excluding hydrogens is 496 g/mol. The topological polar surface area (TPSA) is 74.6 Å². The second kappa shape index (κ2) is 13.4. The second-order valence-corrected chi connectivity index (χ2v) is 14.8. The number of aliphatic hydroxyl groups is 1. The molecule has 4 nitrogen and oxygen atoms in total. The zero-order valence-electron chi connectivity index (χ0n) is 26.3. The van der Waals surface area contributed by atoms with E-state index in [1.54, 1.807) is 0 Å². The van der Waals surface area contributed by atoms with Crippen LogP contribution in [0.2, 0.25) is 0 Å². The molecule has 3 saturated carbocycles. The molecule has 0 radical (unpaired) electrons. The Morgan fingerprint density at radius 1 is 0.925 bits per heavy atom. The molecule has 4 aliphatic rings. The molecule has 0 amide bonds. The summed E-state index contributed by atoms with van der Waals surface area (Å²) in [6, 6.07) is 0. The number of carbonyl (C=O) groups excluding carboxylic acids is 1. The number of aliphatic carboxylic acids is 1. The highest BCUT2D eigenvalue weighted by molar-refractivity contribution is 5.90. The lowest BCUT2D eigenvalue weighted by atomic mass is 9.41. The molecule has 4 aliphatic carbocycles. The minimum atomic E-state index is -1.25.